The Morgan fingerprint density at radius 2 is 0.659 bits per heavy atom. The third-order valence-electron chi connectivity index (χ3n) is 8.32. The Morgan fingerprint density at radius 1 is 0.341 bits per heavy atom. The quantitative estimate of drug-likeness (QED) is 0.188. The van der Waals surface area contributed by atoms with Gasteiger partial charge >= 0.3 is 0 Å². The summed E-state index contributed by atoms with van der Waals surface area (Å²) in [5.41, 5.74) is 8.95. The van der Waals surface area contributed by atoms with Crippen LogP contribution >= 0.6 is 0 Å². The van der Waals surface area contributed by atoms with Crippen molar-refractivity contribution >= 4 is 44.4 Å². The van der Waals surface area contributed by atoms with Crippen LogP contribution in [0.3, 0.4) is 0 Å². The van der Waals surface area contributed by atoms with E-state index < -0.39 is 0 Å². The van der Waals surface area contributed by atoms with Gasteiger partial charge < -0.3 is 9.13 Å². The zero-order valence-electron chi connectivity index (χ0n) is 23.7. The van der Waals surface area contributed by atoms with Crippen molar-refractivity contribution in [2.24, 2.45) is 0 Å². The average molecular weight is 567 g/mol. The zero-order valence-corrected chi connectivity index (χ0v) is 23.7. The first-order chi connectivity index (χ1) is 21.7. The van der Waals surface area contributed by atoms with E-state index in [2.05, 4.69) is 57.7 Å². The van der Waals surface area contributed by atoms with Crippen LogP contribution in [0.25, 0.3) is 44.2 Å². The smallest absolute Gasteiger partial charge is 0.193 e. The lowest BCUT2D eigenvalue weighted by molar-refractivity contribution is 0.103. The number of fused-ring (bicyclic) bond motifs is 5. The number of carbonyl (C=O) groups is 2. The largest absolute Gasteiger partial charge is 0.307 e. The van der Waals surface area contributed by atoms with Crippen molar-refractivity contribution in [3.63, 3.8) is 0 Å². The van der Waals surface area contributed by atoms with Gasteiger partial charge in [0.2, 0.25) is 0 Å². The third kappa shape index (κ3) is 4.08. The molecule has 208 valence electrons. The van der Waals surface area contributed by atoms with Gasteiger partial charge in [-0.2, -0.15) is 0 Å². The molecule has 0 aliphatic rings. The van der Waals surface area contributed by atoms with Crippen LogP contribution < -0.4 is 0 Å². The number of benzene rings is 6. The van der Waals surface area contributed by atoms with E-state index in [1.165, 1.54) is 0 Å². The van der Waals surface area contributed by atoms with Crippen molar-refractivity contribution in [2.45, 2.75) is 0 Å². The van der Waals surface area contributed by atoms with Gasteiger partial charge in [-0.05, 0) is 60.7 Å². The van der Waals surface area contributed by atoms with Crippen LogP contribution in [0.2, 0.25) is 0 Å². The highest BCUT2D eigenvalue weighted by atomic mass is 16.1. The normalized spacial score (nSPS) is 11.4. The van der Waals surface area contributed by atoms with E-state index in [9.17, 15) is 9.59 Å². The van der Waals surface area contributed by atoms with Gasteiger partial charge in [0.05, 0.1) is 22.1 Å². The van der Waals surface area contributed by atoms with E-state index >= 15 is 0 Å². The average Bonchev–Trinajstić information content (AvgIpc) is 3.61. The van der Waals surface area contributed by atoms with E-state index in [1.54, 1.807) is 0 Å². The van der Waals surface area contributed by atoms with Gasteiger partial charge in [0.1, 0.15) is 0 Å². The van der Waals surface area contributed by atoms with Gasteiger partial charge in [0.25, 0.3) is 0 Å². The molecule has 0 N–H and O–H groups in total. The summed E-state index contributed by atoms with van der Waals surface area (Å²) in [6, 6.07) is 51.3. The minimum Gasteiger partial charge on any atom is -0.307 e. The molecule has 8 rings (SSSR count). The second-order valence-corrected chi connectivity index (χ2v) is 10.9. The molecule has 0 radical (unpaired) electrons. The summed E-state index contributed by atoms with van der Waals surface area (Å²) in [4.78, 5) is 26.2. The van der Waals surface area contributed by atoms with Gasteiger partial charge in [-0.25, -0.2) is 0 Å². The molecule has 0 aliphatic heterocycles. The number of para-hydroxylation sites is 2. The van der Waals surface area contributed by atoms with Crippen molar-refractivity contribution in [3.05, 3.63) is 180 Å². The lowest BCUT2D eigenvalue weighted by Crippen LogP contribution is -2.01. The maximum atomic E-state index is 13.1. The molecule has 0 fully saturated rings. The van der Waals surface area contributed by atoms with E-state index in [4.69, 9.17) is 0 Å². The van der Waals surface area contributed by atoms with Gasteiger partial charge in [-0.1, -0.05) is 97.1 Å². The van der Waals surface area contributed by atoms with Crippen molar-refractivity contribution in [3.8, 4) is 11.4 Å². The van der Waals surface area contributed by atoms with Gasteiger partial charge in [0.15, 0.2) is 11.6 Å². The maximum absolute atomic E-state index is 13.1. The van der Waals surface area contributed by atoms with Gasteiger partial charge in [-0.3, -0.25) is 9.59 Å². The fourth-order valence-electron chi connectivity index (χ4n) is 6.26. The summed E-state index contributed by atoms with van der Waals surface area (Å²) in [7, 11) is 0. The van der Waals surface area contributed by atoms with E-state index in [0.29, 0.717) is 22.3 Å². The second kappa shape index (κ2) is 10.4. The molecule has 0 atom stereocenters. The van der Waals surface area contributed by atoms with E-state index in [0.717, 1.165) is 44.2 Å². The van der Waals surface area contributed by atoms with Crippen LogP contribution in [-0.2, 0) is 0 Å². The summed E-state index contributed by atoms with van der Waals surface area (Å²) >= 11 is 0. The Kier molecular flexibility index (Phi) is 6.05. The Balaban J connectivity index is 1.30. The van der Waals surface area contributed by atoms with Crippen molar-refractivity contribution in [2.75, 3.05) is 0 Å². The summed E-state index contributed by atoms with van der Waals surface area (Å²) < 4.78 is 4.57. The number of hydrogen-bond donors (Lipinski definition) is 0. The highest BCUT2D eigenvalue weighted by molar-refractivity contribution is 6.20. The van der Waals surface area contributed by atoms with Gasteiger partial charge in [-0.15, -0.1) is 0 Å². The first-order valence-corrected chi connectivity index (χ1v) is 14.6. The fourth-order valence-corrected chi connectivity index (χ4v) is 6.26. The second-order valence-electron chi connectivity index (χ2n) is 10.9. The van der Waals surface area contributed by atoms with Crippen LogP contribution in [0.4, 0.5) is 0 Å². The molecule has 6 aromatic carbocycles. The molecule has 4 heteroatoms. The molecule has 0 saturated heterocycles. The predicted octanol–water partition coefficient (Wildman–Crippen LogP) is 9.19. The number of aromatic nitrogens is 2. The summed E-state index contributed by atoms with van der Waals surface area (Å²) in [6.45, 7) is 0. The van der Waals surface area contributed by atoms with Crippen LogP contribution in [-0.4, -0.2) is 20.7 Å². The number of hydrogen-bond acceptors (Lipinski definition) is 2. The topological polar surface area (TPSA) is 44.0 Å². The monoisotopic (exact) mass is 566 g/mol. The molecule has 2 heterocycles. The molecule has 0 spiro atoms. The molecule has 4 nitrogen and oxygen atoms in total. The Bertz CT molecular complexity index is 2160. The van der Waals surface area contributed by atoms with Crippen molar-refractivity contribution < 1.29 is 9.59 Å². The van der Waals surface area contributed by atoms with Crippen LogP contribution in [0, 0.1) is 0 Å². The predicted molar refractivity (Wildman–Crippen MR) is 177 cm³/mol. The summed E-state index contributed by atoms with van der Waals surface area (Å²) in [5.74, 6) is 0.0101. The van der Waals surface area contributed by atoms with Crippen LogP contribution in [0.15, 0.2) is 158 Å². The highest BCUT2D eigenvalue weighted by Crippen LogP contribution is 2.40. The SMILES string of the molecule is O=C(c1ccccc1)c1ccc(-n2c3ccccc3c3c2c2ccccc2n3-c2ccc(C(=O)c3ccccc3)cc2)cc1. The lowest BCUT2D eigenvalue weighted by Gasteiger charge is -2.10. The molecule has 2 aromatic heterocycles. The minimum atomic E-state index is 0.00505. The van der Waals surface area contributed by atoms with Crippen LogP contribution in [0.1, 0.15) is 31.8 Å². The lowest BCUT2D eigenvalue weighted by atomic mass is 10.0. The molecule has 0 amide bonds. The Hall–Kier alpha value is -6.00. The van der Waals surface area contributed by atoms with Crippen LogP contribution in [0.5, 0.6) is 0 Å². The van der Waals surface area contributed by atoms with Crippen molar-refractivity contribution in [1.82, 2.24) is 9.13 Å². The molecule has 0 saturated carbocycles. The number of ketones is 2. The van der Waals surface area contributed by atoms with E-state index in [1.807, 2.05) is 109 Å². The first kappa shape index (κ1) is 25.7. The standard InChI is InChI=1S/C40H26N2O2/c43-39(27-11-3-1-4-12-27)29-19-23-31(24-20-29)41-35-17-9-7-15-33(35)38-37(41)34-16-8-10-18-36(34)42(38)32-25-21-30(22-26-32)40(44)28-13-5-2-6-14-28/h1-26H. The molecule has 8 aromatic rings. The number of rotatable bonds is 6. The molecular weight excluding hydrogens is 540 g/mol. The highest BCUT2D eigenvalue weighted by Gasteiger charge is 2.22. The molecule has 44 heavy (non-hydrogen) atoms. The van der Waals surface area contributed by atoms with E-state index in [-0.39, 0.29) is 11.6 Å². The Labute approximate surface area is 254 Å². The summed E-state index contributed by atoms with van der Waals surface area (Å²) in [5, 5.41) is 2.24. The Morgan fingerprint density at radius 3 is 1.05 bits per heavy atom. The number of nitrogens with zero attached hydrogens (tertiary/aromatic N) is 2. The van der Waals surface area contributed by atoms with Crippen molar-refractivity contribution in [1.29, 1.82) is 0 Å². The molecule has 0 unspecified atom stereocenters. The molecule has 0 bridgehead atoms. The number of carbonyl (C=O) groups excluding carboxylic acids is 2. The zero-order chi connectivity index (χ0) is 29.6. The maximum Gasteiger partial charge on any atom is 0.193 e. The third-order valence-corrected chi connectivity index (χ3v) is 8.32. The fraction of sp³-hybridized carbons (Fsp3) is 0. The van der Waals surface area contributed by atoms with Gasteiger partial charge in [0, 0.05) is 44.4 Å². The molecular formula is C40H26N2O2. The first-order valence-electron chi connectivity index (χ1n) is 14.6. The summed E-state index contributed by atoms with van der Waals surface area (Å²) in [6.07, 6.45) is 0. The molecule has 0 aliphatic carbocycles. The minimum absolute atomic E-state index is 0.00505.